The van der Waals surface area contributed by atoms with Crippen LogP contribution in [-0.2, 0) is 0 Å². The third-order valence-corrected chi connectivity index (χ3v) is 6.64. The molecule has 3 aliphatic rings. The van der Waals surface area contributed by atoms with Crippen molar-refractivity contribution in [3.63, 3.8) is 0 Å². The number of fused-ring (bicyclic) bond motifs is 1. The number of hydrogen-bond acceptors (Lipinski definition) is 2. The van der Waals surface area contributed by atoms with E-state index in [4.69, 9.17) is 11.6 Å². The summed E-state index contributed by atoms with van der Waals surface area (Å²) in [5.74, 6) is -1.94. The van der Waals surface area contributed by atoms with Crippen LogP contribution in [0.25, 0.3) is 5.69 Å². The van der Waals surface area contributed by atoms with Gasteiger partial charge in [0.05, 0.1) is 29.1 Å². The van der Waals surface area contributed by atoms with Crippen molar-refractivity contribution in [3.8, 4) is 5.69 Å². The van der Waals surface area contributed by atoms with Crippen molar-refractivity contribution in [3.05, 3.63) is 46.2 Å². The predicted molar refractivity (Wildman–Crippen MR) is 97.8 cm³/mol. The number of alkyl halides is 3. The topological polar surface area (TPSA) is 38.1 Å². The number of hydrogen-bond donors (Lipinski definition) is 0. The van der Waals surface area contributed by atoms with Gasteiger partial charge in [0.1, 0.15) is 0 Å². The van der Waals surface area contributed by atoms with E-state index >= 15 is 0 Å². The van der Waals surface area contributed by atoms with Crippen molar-refractivity contribution in [2.75, 3.05) is 6.54 Å². The molecule has 1 aromatic carbocycles. The first-order valence-electron chi connectivity index (χ1n) is 9.49. The van der Waals surface area contributed by atoms with Crippen LogP contribution in [-0.4, -0.2) is 39.4 Å². The highest BCUT2D eigenvalue weighted by atomic mass is 35.5. The van der Waals surface area contributed by atoms with Crippen LogP contribution >= 0.6 is 11.6 Å². The van der Waals surface area contributed by atoms with E-state index in [-0.39, 0.29) is 11.8 Å². The quantitative estimate of drug-likeness (QED) is 0.734. The number of benzene rings is 1. The van der Waals surface area contributed by atoms with Gasteiger partial charge in [0.2, 0.25) is 0 Å². The molecule has 2 heterocycles. The summed E-state index contributed by atoms with van der Waals surface area (Å²) >= 11 is 6.24. The normalized spacial score (nSPS) is 26.5. The molecule has 3 atom stereocenters. The smallest absolute Gasteiger partial charge is 0.335 e. The average molecular weight is 410 g/mol. The van der Waals surface area contributed by atoms with Gasteiger partial charge in [-0.15, -0.1) is 0 Å². The first-order valence-corrected chi connectivity index (χ1v) is 9.87. The second-order valence-electron chi connectivity index (χ2n) is 8.07. The number of halogens is 4. The molecule has 1 amide bonds. The van der Waals surface area contributed by atoms with Crippen LogP contribution in [0.1, 0.15) is 46.8 Å². The summed E-state index contributed by atoms with van der Waals surface area (Å²) in [5, 5.41) is 5.01. The van der Waals surface area contributed by atoms with Crippen LogP contribution in [0.2, 0.25) is 5.02 Å². The van der Waals surface area contributed by atoms with Crippen LogP contribution < -0.4 is 0 Å². The van der Waals surface area contributed by atoms with Gasteiger partial charge in [0.25, 0.3) is 5.91 Å². The SMILES string of the molecule is Cc1ccc(-n2ncc(C(=O)N3CC[C@@H]4[C@H]3[C@H]4C(F)(F)F)c2C2CC2)cc1Cl. The van der Waals surface area contributed by atoms with E-state index in [2.05, 4.69) is 5.10 Å². The lowest BCUT2D eigenvalue weighted by Gasteiger charge is -2.21. The number of nitrogens with zero attached hydrogens (tertiary/aromatic N) is 3. The highest BCUT2D eigenvalue weighted by Gasteiger charge is 2.69. The van der Waals surface area contributed by atoms with Crippen molar-refractivity contribution in [1.82, 2.24) is 14.7 Å². The molecule has 28 heavy (non-hydrogen) atoms. The Morgan fingerprint density at radius 2 is 2.00 bits per heavy atom. The Kier molecular flexibility index (Phi) is 3.86. The monoisotopic (exact) mass is 409 g/mol. The number of piperidine rings is 1. The number of rotatable bonds is 3. The average Bonchev–Trinajstić information content (AvgIpc) is 3.53. The van der Waals surface area contributed by atoms with Crippen molar-refractivity contribution in [2.24, 2.45) is 11.8 Å². The number of amides is 1. The zero-order chi connectivity index (χ0) is 19.8. The van der Waals surface area contributed by atoms with Gasteiger partial charge >= 0.3 is 6.18 Å². The molecule has 1 aromatic heterocycles. The van der Waals surface area contributed by atoms with Crippen LogP contribution in [0.5, 0.6) is 0 Å². The van der Waals surface area contributed by atoms with Crippen LogP contribution in [0.4, 0.5) is 13.2 Å². The molecule has 0 bridgehead atoms. The van der Waals surface area contributed by atoms with Crippen molar-refractivity contribution in [1.29, 1.82) is 0 Å². The van der Waals surface area contributed by atoms with E-state index in [1.54, 1.807) is 10.7 Å². The predicted octanol–water partition coefficient (Wildman–Crippen LogP) is 4.73. The maximum Gasteiger partial charge on any atom is 0.394 e. The fourth-order valence-electron chi connectivity index (χ4n) is 4.59. The van der Waals surface area contributed by atoms with Gasteiger partial charge in [-0.2, -0.15) is 18.3 Å². The molecule has 148 valence electrons. The minimum atomic E-state index is -4.24. The highest BCUT2D eigenvalue weighted by molar-refractivity contribution is 6.31. The summed E-state index contributed by atoms with van der Waals surface area (Å²) in [6, 6.07) is 4.87. The molecule has 0 spiro atoms. The standard InChI is InChI=1S/C20H19ClF3N3O/c1-10-2-5-12(8-15(10)21)27-17(11-3-4-11)14(9-25-27)19(28)26-7-6-13-16(18(13)26)20(22,23)24/h2,5,8-9,11,13,16,18H,3-4,6-7H2,1H3/t13-,16-,18-/m0/s1. The lowest BCUT2D eigenvalue weighted by Crippen LogP contribution is -2.35. The van der Waals surface area contributed by atoms with Gasteiger partial charge in [-0.25, -0.2) is 4.68 Å². The summed E-state index contributed by atoms with van der Waals surface area (Å²) in [7, 11) is 0. The molecule has 0 radical (unpaired) electrons. The van der Waals surface area contributed by atoms with Crippen molar-refractivity contribution >= 4 is 17.5 Å². The summed E-state index contributed by atoms with van der Waals surface area (Å²) in [5.41, 5.74) is 2.91. The molecule has 4 nitrogen and oxygen atoms in total. The molecule has 0 N–H and O–H groups in total. The Morgan fingerprint density at radius 3 is 2.61 bits per heavy atom. The fraction of sp³-hybridized carbons (Fsp3) is 0.500. The molecule has 2 saturated carbocycles. The summed E-state index contributed by atoms with van der Waals surface area (Å²) < 4.78 is 41.2. The van der Waals surface area contributed by atoms with Gasteiger partial charge in [0.15, 0.2) is 0 Å². The van der Waals surface area contributed by atoms with Crippen molar-refractivity contribution in [2.45, 2.75) is 44.3 Å². The molecule has 1 saturated heterocycles. The summed E-state index contributed by atoms with van der Waals surface area (Å²) in [6.07, 6.45) is -0.425. The Balaban J connectivity index is 1.49. The molecular formula is C20H19ClF3N3O. The zero-order valence-electron chi connectivity index (χ0n) is 15.2. The molecule has 5 rings (SSSR count). The van der Waals surface area contributed by atoms with E-state index in [0.29, 0.717) is 23.6 Å². The lowest BCUT2D eigenvalue weighted by atomic mass is 10.1. The van der Waals surface area contributed by atoms with E-state index in [0.717, 1.165) is 29.8 Å². The maximum atomic E-state index is 13.2. The van der Waals surface area contributed by atoms with Crippen LogP contribution in [0, 0.1) is 18.8 Å². The fourth-order valence-corrected chi connectivity index (χ4v) is 4.76. The van der Waals surface area contributed by atoms with Crippen LogP contribution in [0.3, 0.4) is 0 Å². The molecular weight excluding hydrogens is 391 g/mol. The number of carbonyl (C=O) groups is 1. The second-order valence-corrected chi connectivity index (χ2v) is 8.48. The summed E-state index contributed by atoms with van der Waals surface area (Å²) in [6.45, 7) is 2.29. The largest absolute Gasteiger partial charge is 0.394 e. The molecule has 0 unspecified atom stereocenters. The molecule has 2 aliphatic carbocycles. The summed E-state index contributed by atoms with van der Waals surface area (Å²) in [4.78, 5) is 14.6. The number of likely N-dealkylation sites (tertiary alicyclic amines) is 1. The van der Waals surface area contributed by atoms with Crippen LogP contribution in [0.15, 0.2) is 24.4 Å². The lowest BCUT2D eigenvalue weighted by molar-refractivity contribution is -0.156. The van der Waals surface area contributed by atoms with Gasteiger partial charge in [-0.1, -0.05) is 17.7 Å². The molecule has 1 aliphatic heterocycles. The number of aromatic nitrogens is 2. The Morgan fingerprint density at radius 1 is 1.25 bits per heavy atom. The minimum absolute atomic E-state index is 0.206. The van der Waals surface area contributed by atoms with E-state index in [1.165, 1.54) is 11.1 Å². The van der Waals surface area contributed by atoms with E-state index < -0.39 is 24.1 Å². The minimum Gasteiger partial charge on any atom is -0.335 e. The molecule has 3 fully saturated rings. The van der Waals surface area contributed by atoms with E-state index in [1.807, 2.05) is 19.1 Å². The first kappa shape index (κ1) is 18.0. The van der Waals surface area contributed by atoms with Gasteiger partial charge in [-0.05, 0) is 49.8 Å². The van der Waals surface area contributed by atoms with Gasteiger partial charge < -0.3 is 4.90 Å². The van der Waals surface area contributed by atoms with Crippen molar-refractivity contribution < 1.29 is 18.0 Å². The third kappa shape index (κ3) is 2.74. The highest BCUT2D eigenvalue weighted by Crippen LogP contribution is 2.58. The van der Waals surface area contributed by atoms with Gasteiger partial charge in [-0.3, -0.25) is 4.79 Å². The molecule has 2 aromatic rings. The Labute approximate surface area is 165 Å². The van der Waals surface area contributed by atoms with Gasteiger partial charge in [0, 0.05) is 23.5 Å². The third-order valence-electron chi connectivity index (χ3n) is 6.23. The Bertz CT molecular complexity index is 966. The Hall–Kier alpha value is -2.02. The van der Waals surface area contributed by atoms with E-state index in [9.17, 15) is 18.0 Å². The zero-order valence-corrected chi connectivity index (χ0v) is 16.0. The maximum absolute atomic E-state index is 13.2. The second kappa shape index (κ2) is 5.99. The molecule has 8 heteroatoms. The first-order chi connectivity index (χ1) is 13.3. The number of carbonyl (C=O) groups excluding carboxylic acids is 1. The number of aryl methyl sites for hydroxylation is 1.